The molecule has 1 aliphatic carbocycles. The highest BCUT2D eigenvalue weighted by Crippen LogP contribution is 2.26. The molecular formula is C14H20N2O2. The molecule has 0 radical (unpaired) electrons. The smallest absolute Gasteiger partial charge is 0.412 e. The van der Waals surface area contributed by atoms with Gasteiger partial charge in [-0.2, -0.15) is 0 Å². The maximum Gasteiger partial charge on any atom is 0.412 e. The number of nitrogens with one attached hydrogen (secondary N) is 2. The van der Waals surface area contributed by atoms with Crippen LogP contribution in [0.4, 0.5) is 16.2 Å². The summed E-state index contributed by atoms with van der Waals surface area (Å²) in [5.74, 6) is 0. The summed E-state index contributed by atoms with van der Waals surface area (Å²) in [5.41, 5.74) is 1.30. The minimum absolute atomic E-state index is 0.425. The van der Waals surface area contributed by atoms with Gasteiger partial charge < -0.3 is 10.1 Å². The molecule has 2 N–H and O–H groups in total. The largest absolute Gasteiger partial charge is 0.444 e. The lowest BCUT2D eigenvalue weighted by Gasteiger charge is -2.19. The van der Waals surface area contributed by atoms with Crippen LogP contribution in [-0.4, -0.2) is 17.7 Å². The summed E-state index contributed by atoms with van der Waals surface area (Å²) in [6.45, 7) is 5.53. The summed E-state index contributed by atoms with van der Waals surface area (Å²) in [7, 11) is 0. The molecule has 0 bridgehead atoms. The number of hydrogen-bond donors (Lipinski definition) is 2. The van der Waals surface area contributed by atoms with E-state index in [0.717, 1.165) is 11.4 Å². The number of rotatable bonds is 3. The van der Waals surface area contributed by atoms with Crippen molar-refractivity contribution in [3.63, 3.8) is 0 Å². The Morgan fingerprint density at radius 2 is 1.94 bits per heavy atom. The fraction of sp³-hybridized carbons (Fsp3) is 0.500. The average Bonchev–Trinajstić information content (AvgIpc) is 2.98. The Kier molecular flexibility index (Phi) is 3.45. The summed E-state index contributed by atoms with van der Waals surface area (Å²) in [6, 6.07) is 8.28. The summed E-state index contributed by atoms with van der Waals surface area (Å²) >= 11 is 0. The van der Waals surface area contributed by atoms with Crippen LogP contribution in [0.1, 0.15) is 33.6 Å². The topological polar surface area (TPSA) is 50.4 Å². The fourth-order valence-electron chi connectivity index (χ4n) is 1.57. The van der Waals surface area contributed by atoms with Crippen molar-refractivity contribution in [2.75, 3.05) is 10.6 Å². The van der Waals surface area contributed by atoms with Crippen molar-refractivity contribution in [3.05, 3.63) is 24.3 Å². The van der Waals surface area contributed by atoms with Gasteiger partial charge in [-0.1, -0.05) is 6.07 Å². The molecule has 4 nitrogen and oxygen atoms in total. The highest BCUT2D eigenvalue weighted by Gasteiger charge is 2.21. The van der Waals surface area contributed by atoms with Gasteiger partial charge in [0.1, 0.15) is 5.60 Å². The molecule has 0 aliphatic heterocycles. The summed E-state index contributed by atoms with van der Waals surface area (Å²) in [4.78, 5) is 11.6. The molecule has 0 spiro atoms. The van der Waals surface area contributed by atoms with Gasteiger partial charge in [0.25, 0.3) is 0 Å². The first-order valence-electron chi connectivity index (χ1n) is 6.29. The molecule has 1 aromatic rings. The van der Waals surface area contributed by atoms with Crippen LogP contribution in [0.15, 0.2) is 24.3 Å². The van der Waals surface area contributed by atoms with Gasteiger partial charge in [0.2, 0.25) is 0 Å². The summed E-state index contributed by atoms with van der Waals surface area (Å²) in [6.07, 6.45) is 2.03. The zero-order chi connectivity index (χ0) is 13.2. The second-order valence-electron chi connectivity index (χ2n) is 5.63. The SMILES string of the molecule is CC(C)(C)OC(=O)Nc1cccc(NC2CC2)c1. The van der Waals surface area contributed by atoms with Gasteiger partial charge in [-0.25, -0.2) is 4.79 Å². The van der Waals surface area contributed by atoms with Gasteiger partial charge in [-0.05, 0) is 51.8 Å². The third-order valence-corrected chi connectivity index (χ3v) is 2.46. The fourth-order valence-corrected chi connectivity index (χ4v) is 1.57. The second kappa shape index (κ2) is 4.88. The van der Waals surface area contributed by atoms with E-state index in [9.17, 15) is 4.79 Å². The molecule has 0 unspecified atom stereocenters. The van der Waals surface area contributed by atoms with Crippen molar-refractivity contribution < 1.29 is 9.53 Å². The summed E-state index contributed by atoms with van der Waals surface area (Å²) < 4.78 is 5.20. The Balaban J connectivity index is 1.93. The Labute approximate surface area is 108 Å². The van der Waals surface area contributed by atoms with Crippen LogP contribution in [0.3, 0.4) is 0 Å². The molecule has 4 heteroatoms. The number of amides is 1. The predicted octanol–water partition coefficient (Wildman–Crippen LogP) is 3.61. The molecule has 0 saturated heterocycles. The van der Waals surface area contributed by atoms with E-state index >= 15 is 0 Å². The average molecular weight is 248 g/mol. The van der Waals surface area contributed by atoms with Crippen LogP contribution in [0, 0.1) is 0 Å². The van der Waals surface area contributed by atoms with E-state index < -0.39 is 11.7 Å². The zero-order valence-corrected chi connectivity index (χ0v) is 11.1. The van der Waals surface area contributed by atoms with Gasteiger partial charge in [-0.3, -0.25) is 5.32 Å². The van der Waals surface area contributed by atoms with E-state index in [-0.39, 0.29) is 0 Å². The summed E-state index contributed by atoms with van der Waals surface area (Å²) in [5, 5.41) is 6.12. The van der Waals surface area contributed by atoms with Gasteiger partial charge in [0, 0.05) is 17.4 Å². The van der Waals surface area contributed by atoms with E-state index in [2.05, 4.69) is 10.6 Å². The monoisotopic (exact) mass is 248 g/mol. The zero-order valence-electron chi connectivity index (χ0n) is 11.1. The van der Waals surface area contributed by atoms with E-state index in [0.29, 0.717) is 6.04 Å². The molecule has 18 heavy (non-hydrogen) atoms. The molecule has 1 aliphatic rings. The van der Waals surface area contributed by atoms with E-state index in [1.54, 1.807) is 0 Å². The highest BCUT2D eigenvalue weighted by atomic mass is 16.6. The maximum absolute atomic E-state index is 11.6. The third kappa shape index (κ3) is 4.28. The van der Waals surface area contributed by atoms with Crippen LogP contribution in [0.25, 0.3) is 0 Å². The van der Waals surface area contributed by atoms with Crippen molar-refractivity contribution in [2.45, 2.75) is 45.3 Å². The number of carbonyl (C=O) groups excluding carboxylic acids is 1. The molecule has 1 amide bonds. The van der Waals surface area contributed by atoms with Gasteiger partial charge >= 0.3 is 6.09 Å². The Bertz CT molecular complexity index is 434. The quantitative estimate of drug-likeness (QED) is 0.859. The van der Waals surface area contributed by atoms with Crippen LogP contribution in [-0.2, 0) is 4.74 Å². The minimum Gasteiger partial charge on any atom is -0.444 e. The Hall–Kier alpha value is -1.71. The third-order valence-electron chi connectivity index (χ3n) is 2.46. The number of carbonyl (C=O) groups is 1. The number of benzene rings is 1. The van der Waals surface area contributed by atoms with Crippen LogP contribution in [0.2, 0.25) is 0 Å². The van der Waals surface area contributed by atoms with Crippen LogP contribution in [0.5, 0.6) is 0 Å². The Morgan fingerprint density at radius 3 is 2.56 bits per heavy atom. The molecule has 1 aromatic carbocycles. The molecule has 1 fully saturated rings. The minimum atomic E-state index is -0.478. The molecule has 98 valence electrons. The predicted molar refractivity (Wildman–Crippen MR) is 72.9 cm³/mol. The van der Waals surface area contributed by atoms with Crippen LogP contribution >= 0.6 is 0 Å². The van der Waals surface area contributed by atoms with Crippen molar-refractivity contribution in [3.8, 4) is 0 Å². The van der Waals surface area contributed by atoms with Gasteiger partial charge in [-0.15, -0.1) is 0 Å². The van der Waals surface area contributed by atoms with E-state index in [1.165, 1.54) is 12.8 Å². The lowest BCUT2D eigenvalue weighted by Crippen LogP contribution is -2.27. The van der Waals surface area contributed by atoms with Crippen molar-refractivity contribution in [1.82, 2.24) is 0 Å². The molecule has 0 heterocycles. The van der Waals surface area contributed by atoms with Gasteiger partial charge in [0.05, 0.1) is 0 Å². The molecule has 2 rings (SSSR count). The first-order chi connectivity index (χ1) is 8.42. The number of anilines is 2. The highest BCUT2D eigenvalue weighted by molar-refractivity contribution is 5.85. The van der Waals surface area contributed by atoms with Crippen molar-refractivity contribution in [1.29, 1.82) is 0 Å². The first-order valence-corrected chi connectivity index (χ1v) is 6.29. The first kappa shape index (κ1) is 12.7. The van der Waals surface area contributed by atoms with Gasteiger partial charge in [0.15, 0.2) is 0 Å². The van der Waals surface area contributed by atoms with Crippen molar-refractivity contribution in [2.24, 2.45) is 0 Å². The van der Waals surface area contributed by atoms with Crippen LogP contribution < -0.4 is 10.6 Å². The molecule has 1 saturated carbocycles. The molecule has 0 aromatic heterocycles. The molecule has 0 atom stereocenters. The van der Waals surface area contributed by atoms with Crippen molar-refractivity contribution >= 4 is 17.5 Å². The number of ether oxygens (including phenoxy) is 1. The standard InChI is InChI=1S/C14H20N2O2/c1-14(2,3)18-13(17)16-12-6-4-5-11(9-12)15-10-7-8-10/h4-6,9-10,15H,7-8H2,1-3H3,(H,16,17). The number of hydrogen-bond acceptors (Lipinski definition) is 3. The molecular weight excluding hydrogens is 228 g/mol. The second-order valence-corrected chi connectivity index (χ2v) is 5.63. The normalized spacial score (nSPS) is 15.1. The van der Waals surface area contributed by atoms with E-state index in [1.807, 2.05) is 45.0 Å². The van der Waals surface area contributed by atoms with E-state index in [4.69, 9.17) is 4.74 Å². The lowest BCUT2D eigenvalue weighted by molar-refractivity contribution is 0.0636. The lowest BCUT2D eigenvalue weighted by atomic mass is 10.2. The Morgan fingerprint density at radius 1 is 1.28 bits per heavy atom. The maximum atomic E-state index is 11.6.